The molecule has 2 rings (SSSR count). The van der Waals surface area contributed by atoms with E-state index in [1.54, 1.807) is 10.7 Å². The van der Waals surface area contributed by atoms with Gasteiger partial charge in [0.1, 0.15) is 12.4 Å². The van der Waals surface area contributed by atoms with Crippen molar-refractivity contribution < 1.29 is 13.2 Å². The Hall–Kier alpha value is -1.24. The highest BCUT2D eigenvalue weighted by molar-refractivity contribution is 5.44. The summed E-state index contributed by atoms with van der Waals surface area (Å²) in [7, 11) is 0. The molecule has 1 aliphatic rings. The Balaban J connectivity index is 2.16. The molecule has 0 aromatic carbocycles. The van der Waals surface area contributed by atoms with E-state index in [0.29, 0.717) is 24.6 Å². The summed E-state index contributed by atoms with van der Waals surface area (Å²) in [5.74, 6) is 0.507. The van der Waals surface area contributed by atoms with Gasteiger partial charge in [0.2, 0.25) is 0 Å². The maximum Gasteiger partial charge on any atom is 0.405 e. The van der Waals surface area contributed by atoms with Gasteiger partial charge in [-0.25, -0.2) is 4.68 Å². The van der Waals surface area contributed by atoms with Crippen LogP contribution in [-0.2, 0) is 13.1 Å². The second-order valence-electron chi connectivity index (χ2n) is 3.46. The lowest BCUT2D eigenvalue weighted by Gasteiger charge is -2.18. The molecular weight excluding hydrogens is 209 g/mol. The van der Waals surface area contributed by atoms with Gasteiger partial charge < -0.3 is 10.6 Å². The maximum atomic E-state index is 12.2. The second kappa shape index (κ2) is 3.41. The van der Waals surface area contributed by atoms with Crippen LogP contribution in [0.25, 0.3) is 0 Å². The van der Waals surface area contributed by atoms with E-state index in [0.717, 1.165) is 0 Å². The van der Waals surface area contributed by atoms with Crippen molar-refractivity contribution in [3.05, 3.63) is 11.8 Å². The van der Waals surface area contributed by atoms with Crippen molar-refractivity contribution in [3.63, 3.8) is 0 Å². The standard InChI is InChI=1S/C8H11F3N4/c9-8(10,11)5-14-1-2-15-7(14)3-6(4-12)13-15/h3H,1-2,4-5,12H2. The lowest BCUT2D eigenvalue weighted by Crippen LogP contribution is -2.32. The van der Waals surface area contributed by atoms with Crippen LogP contribution >= 0.6 is 0 Å². The normalized spacial score (nSPS) is 15.9. The molecule has 1 aromatic heterocycles. The van der Waals surface area contributed by atoms with Gasteiger partial charge in [0.25, 0.3) is 0 Å². The van der Waals surface area contributed by atoms with Crippen LogP contribution in [0.2, 0.25) is 0 Å². The first-order valence-electron chi connectivity index (χ1n) is 4.58. The van der Waals surface area contributed by atoms with Gasteiger partial charge in [-0.1, -0.05) is 0 Å². The van der Waals surface area contributed by atoms with E-state index in [1.807, 2.05) is 0 Å². The van der Waals surface area contributed by atoms with Gasteiger partial charge in [0.15, 0.2) is 0 Å². The fraction of sp³-hybridized carbons (Fsp3) is 0.625. The van der Waals surface area contributed by atoms with Crippen LogP contribution < -0.4 is 10.6 Å². The summed E-state index contributed by atoms with van der Waals surface area (Å²) < 4.78 is 38.1. The first-order valence-corrected chi connectivity index (χ1v) is 4.58. The minimum Gasteiger partial charge on any atom is -0.346 e. The largest absolute Gasteiger partial charge is 0.405 e. The zero-order valence-electron chi connectivity index (χ0n) is 7.96. The van der Waals surface area contributed by atoms with Crippen molar-refractivity contribution in [2.45, 2.75) is 19.3 Å². The zero-order chi connectivity index (χ0) is 11.1. The maximum absolute atomic E-state index is 12.2. The molecule has 0 saturated carbocycles. The molecule has 0 spiro atoms. The molecule has 0 amide bonds. The van der Waals surface area contributed by atoms with E-state index in [-0.39, 0.29) is 6.54 Å². The summed E-state index contributed by atoms with van der Waals surface area (Å²) in [6.45, 7) is 0.167. The predicted molar refractivity (Wildman–Crippen MR) is 48.4 cm³/mol. The molecule has 1 aliphatic heterocycles. The lowest BCUT2D eigenvalue weighted by atomic mass is 10.4. The van der Waals surface area contributed by atoms with E-state index < -0.39 is 12.7 Å². The number of alkyl halides is 3. The van der Waals surface area contributed by atoms with Crippen LogP contribution in [-0.4, -0.2) is 29.0 Å². The van der Waals surface area contributed by atoms with Crippen molar-refractivity contribution in [1.82, 2.24) is 9.78 Å². The minimum absolute atomic E-state index is 0.250. The summed E-state index contributed by atoms with van der Waals surface area (Å²) >= 11 is 0. The molecule has 2 N–H and O–H groups in total. The van der Waals surface area contributed by atoms with E-state index in [2.05, 4.69) is 5.10 Å². The average Bonchev–Trinajstić information content (AvgIpc) is 2.65. The number of fused-ring (bicyclic) bond motifs is 1. The smallest absolute Gasteiger partial charge is 0.346 e. The third-order valence-corrected chi connectivity index (χ3v) is 2.29. The van der Waals surface area contributed by atoms with Gasteiger partial charge >= 0.3 is 6.18 Å². The van der Waals surface area contributed by atoms with E-state index >= 15 is 0 Å². The average molecular weight is 220 g/mol. The van der Waals surface area contributed by atoms with Gasteiger partial charge in [-0.2, -0.15) is 18.3 Å². The van der Waals surface area contributed by atoms with Gasteiger partial charge in [-0.05, 0) is 0 Å². The Labute approximate surface area is 84.5 Å². The highest BCUT2D eigenvalue weighted by Crippen LogP contribution is 2.26. The van der Waals surface area contributed by atoms with Crippen molar-refractivity contribution >= 4 is 5.82 Å². The third kappa shape index (κ3) is 2.06. The second-order valence-corrected chi connectivity index (χ2v) is 3.46. The van der Waals surface area contributed by atoms with Gasteiger partial charge in [0.05, 0.1) is 12.2 Å². The van der Waals surface area contributed by atoms with Crippen LogP contribution in [0.5, 0.6) is 0 Å². The molecule has 7 heteroatoms. The van der Waals surface area contributed by atoms with Crippen LogP contribution in [0.1, 0.15) is 5.69 Å². The van der Waals surface area contributed by atoms with Gasteiger partial charge in [-0.3, -0.25) is 0 Å². The van der Waals surface area contributed by atoms with Gasteiger partial charge in [-0.15, -0.1) is 0 Å². The molecule has 15 heavy (non-hydrogen) atoms. The molecule has 0 radical (unpaired) electrons. The minimum atomic E-state index is -4.18. The van der Waals surface area contributed by atoms with Crippen molar-refractivity contribution in [2.24, 2.45) is 5.73 Å². The number of nitrogens with two attached hydrogens (primary N) is 1. The molecule has 0 unspecified atom stereocenters. The number of halogens is 3. The molecular formula is C8H11F3N4. The van der Waals surface area contributed by atoms with Crippen LogP contribution in [0, 0.1) is 0 Å². The molecule has 0 atom stereocenters. The predicted octanol–water partition coefficient (Wildman–Crippen LogP) is 0.724. The fourth-order valence-corrected chi connectivity index (χ4v) is 1.68. The highest BCUT2D eigenvalue weighted by Gasteiger charge is 2.34. The first-order chi connectivity index (χ1) is 6.99. The molecule has 4 nitrogen and oxygen atoms in total. The molecule has 0 bridgehead atoms. The summed E-state index contributed by atoms with van der Waals surface area (Å²) in [5, 5.41) is 4.07. The third-order valence-electron chi connectivity index (χ3n) is 2.29. The Morgan fingerprint density at radius 1 is 1.40 bits per heavy atom. The molecule has 84 valence electrons. The van der Waals surface area contributed by atoms with Gasteiger partial charge in [0, 0.05) is 19.2 Å². The number of nitrogens with zero attached hydrogens (tertiary/aromatic N) is 3. The number of anilines is 1. The van der Waals surface area contributed by atoms with Crippen molar-refractivity contribution in [2.75, 3.05) is 18.0 Å². The monoisotopic (exact) mass is 220 g/mol. The topological polar surface area (TPSA) is 47.1 Å². The number of rotatable bonds is 2. The van der Waals surface area contributed by atoms with Crippen molar-refractivity contribution in [3.8, 4) is 0 Å². The van der Waals surface area contributed by atoms with E-state index in [1.165, 1.54) is 4.90 Å². The first kappa shape index (κ1) is 10.3. The van der Waals surface area contributed by atoms with Crippen LogP contribution in [0.3, 0.4) is 0 Å². The number of aromatic nitrogens is 2. The summed E-state index contributed by atoms with van der Waals surface area (Å²) in [6, 6.07) is 1.61. The SMILES string of the molecule is NCc1cc2n(n1)CCN2CC(F)(F)F. The zero-order valence-corrected chi connectivity index (χ0v) is 7.96. The molecule has 0 aliphatic carbocycles. The Morgan fingerprint density at radius 3 is 2.73 bits per heavy atom. The number of hydrogen-bond donors (Lipinski definition) is 1. The van der Waals surface area contributed by atoms with E-state index in [9.17, 15) is 13.2 Å². The quantitative estimate of drug-likeness (QED) is 0.799. The molecule has 0 fully saturated rings. The molecule has 0 saturated heterocycles. The molecule has 1 aromatic rings. The molecule has 2 heterocycles. The highest BCUT2D eigenvalue weighted by atomic mass is 19.4. The lowest BCUT2D eigenvalue weighted by molar-refractivity contribution is -0.119. The summed E-state index contributed by atoms with van der Waals surface area (Å²) in [6.07, 6.45) is -4.18. The van der Waals surface area contributed by atoms with Crippen LogP contribution in [0.15, 0.2) is 6.07 Å². The Kier molecular flexibility index (Phi) is 2.34. The number of hydrogen-bond acceptors (Lipinski definition) is 3. The Morgan fingerprint density at radius 2 is 2.13 bits per heavy atom. The Bertz CT molecular complexity index is 357. The van der Waals surface area contributed by atoms with E-state index in [4.69, 9.17) is 5.73 Å². The van der Waals surface area contributed by atoms with Crippen LogP contribution in [0.4, 0.5) is 19.0 Å². The summed E-state index contributed by atoms with van der Waals surface area (Å²) in [5.41, 5.74) is 5.99. The summed E-state index contributed by atoms with van der Waals surface area (Å²) in [4.78, 5) is 1.27. The van der Waals surface area contributed by atoms with Crippen molar-refractivity contribution in [1.29, 1.82) is 0 Å². The fourth-order valence-electron chi connectivity index (χ4n) is 1.68.